The van der Waals surface area contributed by atoms with Gasteiger partial charge in [-0.15, -0.1) is 0 Å². The molecule has 3 heterocycles. The number of nitrogens with zero attached hydrogens (tertiary/aromatic N) is 4. The van der Waals surface area contributed by atoms with Crippen molar-refractivity contribution in [1.29, 1.82) is 0 Å². The fourth-order valence-electron chi connectivity index (χ4n) is 4.15. The van der Waals surface area contributed by atoms with Crippen molar-refractivity contribution in [2.24, 2.45) is 0 Å². The molecule has 196 valence electrons. The summed E-state index contributed by atoms with van der Waals surface area (Å²) in [5.74, 6) is 0.985. The van der Waals surface area contributed by atoms with Crippen LogP contribution in [0.1, 0.15) is 54.4 Å². The summed E-state index contributed by atoms with van der Waals surface area (Å²) in [7, 11) is -3.29. The lowest BCUT2D eigenvalue weighted by Crippen LogP contribution is -2.45. The maximum atomic E-state index is 12.7. The zero-order chi connectivity index (χ0) is 26.7. The van der Waals surface area contributed by atoms with Gasteiger partial charge in [0.2, 0.25) is 5.88 Å². The number of carbonyl (C=O) groups is 1. The second-order valence-corrected chi connectivity index (χ2v) is 11.7. The molecule has 9 nitrogen and oxygen atoms in total. The number of rotatable bonds is 5. The van der Waals surface area contributed by atoms with Gasteiger partial charge in [0.05, 0.1) is 16.5 Å². The monoisotopic (exact) mass is 516 g/mol. The molecule has 2 atom stereocenters. The molecule has 1 aliphatic heterocycles. The predicted molar refractivity (Wildman–Crippen MR) is 139 cm³/mol. The Kier molecular flexibility index (Phi) is 8.28. The molecule has 1 aliphatic rings. The predicted octanol–water partition coefficient (Wildman–Crippen LogP) is 5.02. The lowest BCUT2D eigenvalue weighted by molar-refractivity contribution is 0.0116. The van der Waals surface area contributed by atoms with Crippen molar-refractivity contribution in [2.75, 3.05) is 12.9 Å². The Morgan fingerprint density at radius 3 is 2.50 bits per heavy atom. The summed E-state index contributed by atoms with van der Waals surface area (Å²) < 4.78 is 37.1. The molecule has 2 unspecified atom stereocenters. The highest BCUT2D eigenvalue weighted by Gasteiger charge is 2.37. The summed E-state index contributed by atoms with van der Waals surface area (Å²) in [6.45, 7) is 11.9. The third kappa shape index (κ3) is 6.34. The van der Waals surface area contributed by atoms with Crippen molar-refractivity contribution in [3.05, 3.63) is 42.9 Å². The van der Waals surface area contributed by atoms with E-state index >= 15 is 0 Å². The van der Waals surface area contributed by atoms with Crippen LogP contribution in [-0.2, 0) is 14.6 Å². The third-order valence-corrected chi connectivity index (χ3v) is 6.89. The molecule has 1 fully saturated rings. The van der Waals surface area contributed by atoms with Crippen LogP contribution < -0.4 is 4.74 Å². The van der Waals surface area contributed by atoms with Gasteiger partial charge in [0, 0.05) is 29.9 Å². The molecule has 0 bridgehead atoms. The van der Waals surface area contributed by atoms with Crippen molar-refractivity contribution in [1.82, 2.24) is 19.4 Å². The van der Waals surface area contributed by atoms with E-state index in [0.29, 0.717) is 18.3 Å². The van der Waals surface area contributed by atoms with Crippen LogP contribution in [0.25, 0.3) is 16.7 Å². The molecular weight excluding hydrogens is 480 g/mol. The molecule has 1 aromatic carbocycles. The topological polar surface area (TPSA) is 104 Å². The van der Waals surface area contributed by atoms with Gasteiger partial charge in [-0.3, -0.25) is 4.90 Å². The minimum Gasteiger partial charge on any atom is -0.475 e. The van der Waals surface area contributed by atoms with Crippen LogP contribution in [0.15, 0.2) is 47.8 Å². The summed E-state index contributed by atoms with van der Waals surface area (Å²) in [6, 6.07) is 8.52. The van der Waals surface area contributed by atoms with Gasteiger partial charge in [-0.2, -0.15) is 0 Å². The molecule has 0 saturated carbocycles. The average Bonchev–Trinajstić information content (AvgIpc) is 3.40. The lowest BCUT2D eigenvalue weighted by Gasteiger charge is -2.31. The molecular formula is C26H36N4O5S. The normalized spacial score (nSPS) is 18.0. The number of likely N-dealkylation sites (tertiary alicyclic amines) is 1. The zero-order valence-corrected chi connectivity index (χ0v) is 22.9. The SMILES string of the molecule is CC.CC1CCC(COc2cc(-n3ccc4cc(S(C)(=O)=O)ccc43)ncn2)N1C(=O)OC(C)(C)C. The highest BCUT2D eigenvalue weighted by molar-refractivity contribution is 7.90. The van der Waals surface area contributed by atoms with Gasteiger partial charge in [0.1, 0.15) is 24.4 Å². The number of amides is 1. The van der Waals surface area contributed by atoms with E-state index in [9.17, 15) is 13.2 Å². The van der Waals surface area contributed by atoms with Crippen LogP contribution in [0, 0.1) is 0 Å². The van der Waals surface area contributed by atoms with Crippen LogP contribution in [0.4, 0.5) is 4.79 Å². The molecule has 0 aliphatic carbocycles. The van der Waals surface area contributed by atoms with E-state index in [1.807, 2.05) is 58.4 Å². The van der Waals surface area contributed by atoms with Crippen LogP contribution in [0.5, 0.6) is 5.88 Å². The molecule has 0 radical (unpaired) electrons. The van der Waals surface area contributed by atoms with Gasteiger partial charge < -0.3 is 14.0 Å². The van der Waals surface area contributed by atoms with Crippen molar-refractivity contribution in [3.8, 4) is 11.7 Å². The number of ether oxygens (including phenoxy) is 2. The number of hydrogen-bond donors (Lipinski definition) is 0. The molecule has 36 heavy (non-hydrogen) atoms. The van der Waals surface area contributed by atoms with E-state index in [-0.39, 0.29) is 23.1 Å². The summed E-state index contributed by atoms with van der Waals surface area (Å²) in [5, 5.41) is 0.789. The highest BCUT2D eigenvalue weighted by atomic mass is 32.2. The zero-order valence-electron chi connectivity index (χ0n) is 22.1. The fraction of sp³-hybridized carbons (Fsp3) is 0.500. The number of sulfone groups is 1. The van der Waals surface area contributed by atoms with Crippen LogP contribution in [-0.4, -0.2) is 64.5 Å². The van der Waals surface area contributed by atoms with Gasteiger partial charge in [-0.05, 0) is 64.8 Å². The Balaban J connectivity index is 0.00000176. The third-order valence-electron chi connectivity index (χ3n) is 5.78. The van der Waals surface area contributed by atoms with E-state index in [0.717, 1.165) is 23.7 Å². The van der Waals surface area contributed by atoms with Crippen LogP contribution in [0.3, 0.4) is 0 Å². The molecule has 1 saturated heterocycles. The van der Waals surface area contributed by atoms with Crippen LogP contribution >= 0.6 is 0 Å². The fourth-order valence-corrected chi connectivity index (χ4v) is 4.81. The van der Waals surface area contributed by atoms with Crippen molar-refractivity contribution in [3.63, 3.8) is 0 Å². The lowest BCUT2D eigenvalue weighted by atomic mass is 10.2. The minimum absolute atomic E-state index is 0.0764. The van der Waals surface area contributed by atoms with Crippen LogP contribution in [0.2, 0.25) is 0 Å². The maximum Gasteiger partial charge on any atom is 0.410 e. The molecule has 3 aromatic rings. The first-order chi connectivity index (χ1) is 16.9. The molecule has 0 spiro atoms. The number of aromatic nitrogens is 3. The van der Waals surface area contributed by atoms with E-state index in [1.54, 1.807) is 29.2 Å². The number of benzene rings is 1. The van der Waals surface area contributed by atoms with E-state index < -0.39 is 15.4 Å². The van der Waals surface area contributed by atoms with Gasteiger partial charge in [-0.25, -0.2) is 23.2 Å². The first-order valence-corrected chi connectivity index (χ1v) is 14.1. The summed E-state index contributed by atoms with van der Waals surface area (Å²) in [5.41, 5.74) is 0.256. The molecule has 2 aromatic heterocycles. The molecule has 1 amide bonds. The highest BCUT2D eigenvalue weighted by Crippen LogP contribution is 2.28. The molecule has 4 rings (SSSR count). The van der Waals surface area contributed by atoms with Gasteiger partial charge >= 0.3 is 6.09 Å². The Labute approximate surface area is 213 Å². The Hall–Kier alpha value is -3.14. The van der Waals surface area contributed by atoms with E-state index in [1.165, 1.54) is 12.6 Å². The maximum absolute atomic E-state index is 12.7. The van der Waals surface area contributed by atoms with E-state index in [4.69, 9.17) is 9.47 Å². The molecule has 0 N–H and O–H groups in total. The standard InChI is InChI=1S/C24H30N4O5S.C2H6/c1-16-6-7-18(28(16)23(29)33-24(2,3)4)14-32-22-13-21(25-15-26-22)27-11-10-17-12-19(34(5,30)31)8-9-20(17)27;1-2/h8-13,15-16,18H,6-7,14H2,1-5H3;1-2H3. The van der Waals surface area contributed by atoms with Crippen molar-refractivity contribution in [2.45, 2.75) is 77.0 Å². The number of fused-ring (bicyclic) bond motifs is 1. The Morgan fingerprint density at radius 1 is 1.11 bits per heavy atom. The van der Waals surface area contributed by atoms with Crippen molar-refractivity contribution < 1.29 is 22.7 Å². The first-order valence-electron chi connectivity index (χ1n) is 12.2. The largest absolute Gasteiger partial charge is 0.475 e. The Bertz CT molecular complexity index is 1310. The summed E-state index contributed by atoms with van der Waals surface area (Å²) in [6.07, 6.45) is 5.81. The second kappa shape index (κ2) is 10.9. The van der Waals surface area contributed by atoms with Crippen molar-refractivity contribution >= 4 is 26.8 Å². The second-order valence-electron chi connectivity index (χ2n) is 9.67. The van der Waals surface area contributed by atoms with Gasteiger partial charge in [-0.1, -0.05) is 13.8 Å². The Morgan fingerprint density at radius 2 is 1.83 bits per heavy atom. The minimum atomic E-state index is -3.29. The first kappa shape index (κ1) is 27.4. The van der Waals surface area contributed by atoms with Gasteiger partial charge in [0.15, 0.2) is 9.84 Å². The smallest absolute Gasteiger partial charge is 0.410 e. The number of carbonyl (C=O) groups excluding carboxylic acids is 1. The van der Waals surface area contributed by atoms with Gasteiger partial charge in [0.25, 0.3) is 0 Å². The molecule has 10 heteroatoms. The quantitative estimate of drug-likeness (QED) is 0.469. The average molecular weight is 517 g/mol. The summed E-state index contributed by atoms with van der Waals surface area (Å²) in [4.78, 5) is 23.3. The summed E-state index contributed by atoms with van der Waals surface area (Å²) >= 11 is 0. The van der Waals surface area contributed by atoms with E-state index in [2.05, 4.69) is 9.97 Å². The number of hydrogen-bond acceptors (Lipinski definition) is 7.